The zero-order chi connectivity index (χ0) is 20.2. The molecule has 1 atom stereocenters. The molecule has 0 aliphatic heterocycles. The summed E-state index contributed by atoms with van der Waals surface area (Å²) in [6.07, 6.45) is 0. The van der Waals surface area contributed by atoms with Crippen LogP contribution in [0, 0.1) is 0 Å². The molecule has 1 N–H and O–H groups in total. The normalized spacial score (nSPS) is 13.4. The van der Waals surface area contributed by atoms with Crippen LogP contribution in [0.2, 0.25) is 0 Å². The number of nitrogens with zero attached hydrogens (tertiary/aromatic N) is 1. The summed E-state index contributed by atoms with van der Waals surface area (Å²) in [6, 6.07) is 16.0. The maximum absolute atomic E-state index is 12.5. The van der Waals surface area contributed by atoms with Gasteiger partial charge in [0.25, 0.3) is 0 Å². The van der Waals surface area contributed by atoms with Gasteiger partial charge in [-0.1, -0.05) is 63.2 Å². The first-order valence-electron chi connectivity index (χ1n) is 8.93. The maximum Gasteiger partial charge on any atom is 0.243 e. The lowest BCUT2D eigenvalue weighted by atomic mass is 9.86. The molecule has 1 amide bonds. The zero-order valence-corrected chi connectivity index (χ0v) is 17.4. The van der Waals surface area contributed by atoms with Gasteiger partial charge in [0.1, 0.15) is 0 Å². The molecule has 0 aliphatic rings. The number of sulfonamides is 1. The second kappa shape index (κ2) is 8.23. The van der Waals surface area contributed by atoms with E-state index in [9.17, 15) is 13.2 Å². The van der Waals surface area contributed by atoms with E-state index in [1.165, 1.54) is 24.7 Å². The van der Waals surface area contributed by atoms with E-state index in [0.717, 1.165) is 9.87 Å². The molecule has 2 aromatic carbocycles. The van der Waals surface area contributed by atoms with Gasteiger partial charge in [-0.05, 0) is 35.6 Å². The first kappa shape index (κ1) is 21.1. The van der Waals surface area contributed by atoms with E-state index in [4.69, 9.17) is 0 Å². The highest BCUT2D eigenvalue weighted by molar-refractivity contribution is 7.89. The number of hydrogen-bond acceptors (Lipinski definition) is 3. The van der Waals surface area contributed by atoms with Crippen molar-refractivity contribution in [2.75, 3.05) is 13.6 Å². The van der Waals surface area contributed by atoms with Gasteiger partial charge in [0, 0.05) is 7.05 Å². The molecule has 6 heteroatoms. The average Bonchev–Trinajstić information content (AvgIpc) is 2.61. The van der Waals surface area contributed by atoms with E-state index in [0.29, 0.717) is 0 Å². The van der Waals surface area contributed by atoms with E-state index in [1.807, 2.05) is 19.1 Å². The van der Waals surface area contributed by atoms with Crippen molar-refractivity contribution in [2.24, 2.45) is 0 Å². The molecule has 0 saturated carbocycles. The van der Waals surface area contributed by atoms with Gasteiger partial charge in [0.15, 0.2) is 0 Å². The predicted molar refractivity (Wildman–Crippen MR) is 108 cm³/mol. The fraction of sp³-hybridized carbons (Fsp3) is 0.381. The molecule has 0 heterocycles. The molecule has 0 radical (unpaired) electrons. The minimum Gasteiger partial charge on any atom is -0.348 e. The molecule has 0 spiro atoms. The maximum atomic E-state index is 12.5. The number of amides is 1. The largest absolute Gasteiger partial charge is 0.348 e. The average molecular weight is 389 g/mol. The van der Waals surface area contributed by atoms with Gasteiger partial charge in [0.2, 0.25) is 15.9 Å². The Kier molecular flexibility index (Phi) is 6.44. The Morgan fingerprint density at radius 3 is 2.11 bits per heavy atom. The molecule has 0 aliphatic carbocycles. The summed E-state index contributed by atoms with van der Waals surface area (Å²) in [4.78, 5) is 12.5. The summed E-state index contributed by atoms with van der Waals surface area (Å²) in [6.45, 7) is 8.10. The van der Waals surface area contributed by atoms with Gasteiger partial charge < -0.3 is 5.32 Å². The van der Waals surface area contributed by atoms with E-state index in [2.05, 4.69) is 38.2 Å². The standard InChI is InChI=1S/C21H28N2O3S/c1-16(17-11-13-18(14-12-17)21(2,3)4)22-20(24)15-23(5)27(25,26)19-9-7-6-8-10-19/h6-14,16H,15H2,1-5H3,(H,22,24)/t16-/m1/s1. The van der Waals surface area contributed by atoms with Crippen molar-refractivity contribution in [3.63, 3.8) is 0 Å². The molecule has 146 valence electrons. The number of hydrogen-bond donors (Lipinski definition) is 1. The van der Waals surface area contributed by atoms with Crippen molar-refractivity contribution >= 4 is 15.9 Å². The Morgan fingerprint density at radius 1 is 1.04 bits per heavy atom. The van der Waals surface area contributed by atoms with E-state index >= 15 is 0 Å². The molecule has 0 bridgehead atoms. The number of carbonyl (C=O) groups is 1. The topological polar surface area (TPSA) is 66.5 Å². The molecule has 0 unspecified atom stereocenters. The number of nitrogens with one attached hydrogen (secondary N) is 1. The molecule has 0 saturated heterocycles. The molecular formula is C21H28N2O3S. The van der Waals surface area contributed by atoms with Crippen LogP contribution in [0.15, 0.2) is 59.5 Å². The van der Waals surface area contributed by atoms with Crippen molar-refractivity contribution in [2.45, 2.75) is 44.0 Å². The van der Waals surface area contributed by atoms with E-state index in [1.54, 1.807) is 18.2 Å². The Hall–Kier alpha value is -2.18. The Labute approximate surface area is 162 Å². The first-order chi connectivity index (χ1) is 12.5. The van der Waals surface area contributed by atoms with Crippen LogP contribution in [0.3, 0.4) is 0 Å². The minimum atomic E-state index is -3.68. The van der Waals surface area contributed by atoms with Crippen LogP contribution in [0.25, 0.3) is 0 Å². The van der Waals surface area contributed by atoms with Crippen LogP contribution < -0.4 is 5.32 Å². The summed E-state index contributed by atoms with van der Waals surface area (Å²) in [5, 5.41) is 2.86. The lowest BCUT2D eigenvalue weighted by molar-refractivity contribution is -0.121. The Bertz CT molecular complexity index is 870. The zero-order valence-electron chi connectivity index (χ0n) is 16.6. The quantitative estimate of drug-likeness (QED) is 0.824. The Balaban J connectivity index is 2.00. The molecule has 0 aromatic heterocycles. The highest BCUT2D eigenvalue weighted by Crippen LogP contribution is 2.24. The lowest BCUT2D eigenvalue weighted by Gasteiger charge is -2.21. The third kappa shape index (κ3) is 5.40. The van der Waals surface area contributed by atoms with E-state index < -0.39 is 10.0 Å². The van der Waals surface area contributed by atoms with Crippen LogP contribution >= 0.6 is 0 Å². The highest BCUT2D eigenvalue weighted by atomic mass is 32.2. The predicted octanol–water partition coefficient (Wildman–Crippen LogP) is 3.48. The third-order valence-electron chi connectivity index (χ3n) is 4.47. The second-order valence-electron chi connectivity index (χ2n) is 7.74. The smallest absolute Gasteiger partial charge is 0.243 e. The summed E-state index contributed by atoms with van der Waals surface area (Å²) in [5.41, 5.74) is 2.27. The third-order valence-corrected chi connectivity index (χ3v) is 6.29. The molecule has 0 fully saturated rings. The van der Waals surface area contributed by atoms with Crippen LogP contribution in [-0.4, -0.2) is 32.2 Å². The van der Waals surface area contributed by atoms with Crippen molar-refractivity contribution in [3.05, 3.63) is 65.7 Å². The summed E-state index contributed by atoms with van der Waals surface area (Å²) in [5.74, 6) is -0.343. The lowest BCUT2D eigenvalue weighted by Crippen LogP contribution is -2.39. The van der Waals surface area contributed by atoms with Gasteiger partial charge in [-0.3, -0.25) is 4.79 Å². The highest BCUT2D eigenvalue weighted by Gasteiger charge is 2.23. The summed E-state index contributed by atoms with van der Waals surface area (Å²) >= 11 is 0. The second-order valence-corrected chi connectivity index (χ2v) is 9.78. The SMILES string of the molecule is C[C@@H](NC(=O)CN(C)S(=O)(=O)c1ccccc1)c1ccc(C(C)(C)C)cc1. The van der Waals surface area contributed by atoms with Crippen molar-refractivity contribution in [3.8, 4) is 0 Å². The number of likely N-dealkylation sites (N-methyl/N-ethyl adjacent to an activating group) is 1. The monoisotopic (exact) mass is 388 g/mol. The fourth-order valence-electron chi connectivity index (χ4n) is 2.70. The fourth-order valence-corrected chi connectivity index (χ4v) is 3.85. The molecule has 5 nitrogen and oxygen atoms in total. The first-order valence-corrected chi connectivity index (χ1v) is 10.4. The van der Waals surface area contributed by atoms with Gasteiger partial charge in [-0.25, -0.2) is 8.42 Å². The van der Waals surface area contributed by atoms with Crippen molar-refractivity contribution in [1.29, 1.82) is 0 Å². The van der Waals surface area contributed by atoms with Crippen LogP contribution in [0.5, 0.6) is 0 Å². The number of carbonyl (C=O) groups excluding carboxylic acids is 1. The summed E-state index contributed by atoms with van der Waals surface area (Å²) in [7, 11) is -2.28. The van der Waals surface area contributed by atoms with Gasteiger partial charge in [-0.2, -0.15) is 4.31 Å². The molecule has 27 heavy (non-hydrogen) atoms. The van der Waals surface area contributed by atoms with Crippen LogP contribution in [-0.2, 0) is 20.2 Å². The van der Waals surface area contributed by atoms with Gasteiger partial charge >= 0.3 is 0 Å². The Morgan fingerprint density at radius 2 is 1.59 bits per heavy atom. The minimum absolute atomic E-state index is 0.0690. The molecular weight excluding hydrogens is 360 g/mol. The van der Waals surface area contributed by atoms with Crippen molar-refractivity contribution in [1.82, 2.24) is 9.62 Å². The number of rotatable bonds is 6. The van der Waals surface area contributed by atoms with Crippen LogP contribution in [0.4, 0.5) is 0 Å². The molecule has 2 aromatic rings. The van der Waals surface area contributed by atoms with Crippen molar-refractivity contribution < 1.29 is 13.2 Å². The van der Waals surface area contributed by atoms with Gasteiger partial charge in [-0.15, -0.1) is 0 Å². The van der Waals surface area contributed by atoms with Gasteiger partial charge in [0.05, 0.1) is 17.5 Å². The summed E-state index contributed by atoms with van der Waals surface area (Å²) < 4.78 is 26.1. The van der Waals surface area contributed by atoms with Crippen LogP contribution in [0.1, 0.15) is 44.9 Å². The van der Waals surface area contributed by atoms with E-state index in [-0.39, 0.29) is 28.8 Å². The molecule has 2 rings (SSSR count). The number of benzene rings is 2.